The van der Waals surface area contributed by atoms with Crippen molar-refractivity contribution in [3.05, 3.63) is 12.7 Å². The van der Waals surface area contributed by atoms with E-state index in [1.54, 1.807) is 6.08 Å². The Bertz CT molecular complexity index is 2930. The fourth-order valence-corrected chi connectivity index (χ4v) is 15.0. The molecule has 10 saturated heterocycles. The summed E-state index contributed by atoms with van der Waals surface area (Å²) in [6, 6.07) is 0. The zero-order chi connectivity index (χ0) is 85.6. The third-order valence-corrected chi connectivity index (χ3v) is 22.0. The molecule has 117 heavy (non-hydrogen) atoms. The zero-order valence-corrected chi connectivity index (χ0v) is 62.1. The van der Waals surface area contributed by atoms with Gasteiger partial charge in [-0.25, -0.2) is 0 Å². The molecule has 0 radical (unpaired) electrons. The van der Waals surface area contributed by atoms with E-state index < -0.39 is 373 Å². The quantitative estimate of drug-likeness (QED) is 0.0210. The topological polar surface area (TPSA) is 812 Å². The zero-order valence-electron chi connectivity index (χ0n) is 62.1. The van der Waals surface area contributed by atoms with Crippen LogP contribution < -0.4 is 0 Å². The van der Waals surface area contributed by atoms with E-state index >= 15 is 0 Å². The Labute approximate surface area is 663 Å². The SMILES string of the molecule is C=CCCCCO[C@H]1OC(CO)[C@@H](O)[C@H](O[C@H]2OC(CO)[C@@H](O)[C@H](O[C@H]3OC(CO)[C@@H](O)[C@H](O)C3O[C@H]3OC(CO)[C@@H](O)[C@H](O)C3O[C@H]3OC(CO)[C@@H](O)[C@H](O)C3O[C@H]3OC(CO)[C@@H](O)[C@H](O[C@H]4OC(CO)[C@@H](O)[C@H](O[C@H]5OC(CO)[C@@H](O)[C@H](O)C5O[C@H]5OC(CO)[C@@H](O)[C@H](O)C5O[C@H]5OC(CO)[C@@H](O)[C@H](O)C5O)C4O)C3O)C2O)C1O. The molecule has 51 nitrogen and oxygen atoms in total. The minimum Gasteiger partial charge on any atom is -0.394 e. The third-order valence-electron chi connectivity index (χ3n) is 22.0. The molecule has 0 amide bonds. The van der Waals surface area contributed by atoms with Gasteiger partial charge < -0.3 is 253 Å². The normalized spacial score (nSPS) is 51.5. The predicted octanol–water partition coefficient (Wildman–Crippen LogP) is -20.4. The van der Waals surface area contributed by atoms with Crippen molar-refractivity contribution in [2.24, 2.45) is 0 Å². The number of aliphatic hydroxyl groups excluding tert-OH is 31. The van der Waals surface area contributed by atoms with Gasteiger partial charge in [0.15, 0.2) is 62.9 Å². The highest BCUT2D eigenvalue weighted by atomic mass is 16.8. The second kappa shape index (κ2) is 43.3. The van der Waals surface area contributed by atoms with Gasteiger partial charge in [-0.05, 0) is 19.3 Å². The van der Waals surface area contributed by atoms with Gasteiger partial charge in [-0.1, -0.05) is 6.08 Å². The molecule has 0 aliphatic carbocycles. The first-order valence-corrected chi connectivity index (χ1v) is 37.8. The van der Waals surface area contributed by atoms with Gasteiger partial charge in [0.2, 0.25) is 0 Å². The van der Waals surface area contributed by atoms with Crippen LogP contribution in [0, 0.1) is 0 Å². The summed E-state index contributed by atoms with van der Waals surface area (Å²) in [5, 5.41) is 344. The summed E-state index contributed by atoms with van der Waals surface area (Å²) in [6.07, 6.45) is -104. The number of hydrogen-bond donors (Lipinski definition) is 31. The van der Waals surface area contributed by atoms with Crippen LogP contribution in [0.15, 0.2) is 12.7 Å². The van der Waals surface area contributed by atoms with Crippen molar-refractivity contribution in [3.63, 3.8) is 0 Å². The standard InChI is InChI=1S/C66H112O51/c1-2-3-4-5-6-98-57-44(94)48(33(83)23(13-73)99-57)109-59-46(96)50(35(85)25(15-75)101-59)111-63-55(41(91)31(81)19(9-69)105-63)116-66-56(42(92)32(82)22(12-72)108-66)117-65-53(39(89)29(79)21(11-71)107-65)114-61-45(95)49(34(84)24(14-74)103-61)110-60-47(97)51(36(86)26(16-76)102-60)112-62-54(40(90)30(80)18(8-68)104-62)115-64-52(38(88)28(78)20(10-70)106-64)113-58-43(93)37(87)27(77)17(7-67)100-58/h2,17-97H,1,3-16H2/t17?,18?,19?,20?,21?,22?,23?,24?,25?,26?,27-,28-,29-,30-,31-,32-,33-,34-,35-,36-,37+,38+,39+,40+,41+,42+,43?,44?,45?,46?,47?,48+,49+,50+,51+,52?,53?,54?,55?,56?,57+,58-,59-,60-,61-,62-,63-,64-,65-,66-/m1/s1. The van der Waals surface area contributed by atoms with Gasteiger partial charge in [-0.3, -0.25) is 0 Å². The Morgan fingerprint density at radius 1 is 0.188 bits per heavy atom. The Kier molecular flexibility index (Phi) is 35.8. The van der Waals surface area contributed by atoms with Gasteiger partial charge in [0, 0.05) is 6.61 Å². The molecule has 0 aromatic heterocycles. The summed E-state index contributed by atoms with van der Waals surface area (Å²) in [4.78, 5) is 0. The first-order chi connectivity index (χ1) is 55.7. The average Bonchev–Trinajstić information content (AvgIpc) is 0.770. The smallest absolute Gasteiger partial charge is 0.187 e. The van der Waals surface area contributed by atoms with E-state index in [-0.39, 0.29) is 6.61 Å². The van der Waals surface area contributed by atoms with Gasteiger partial charge in [0.05, 0.1) is 66.1 Å². The minimum atomic E-state index is -2.55. The number of allylic oxidation sites excluding steroid dienone is 1. The van der Waals surface area contributed by atoms with Crippen molar-refractivity contribution in [1.82, 2.24) is 0 Å². The molecular formula is C66H112O51. The third kappa shape index (κ3) is 20.9. The number of ether oxygens (including phenoxy) is 20. The lowest BCUT2D eigenvalue weighted by molar-refractivity contribution is -0.417. The Morgan fingerprint density at radius 3 is 0.607 bits per heavy atom. The maximum Gasteiger partial charge on any atom is 0.187 e. The first-order valence-electron chi connectivity index (χ1n) is 37.8. The summed E-state index contributed by atoms with van der Waals surface area (Å²) in [7, 11) is 0. The second-order valence-corrected chi connectivity index (χ2v) is 29.6. The van der Waals surface area contributed by atoms with E-state index in [4.69, 9.17) is 94.7 Å². The molecule has 682 valence electrons. The number of aliphatic hydroxyl groups is 31. The average molecular weight is 1720 g/mol. The number of unbranched alkanes of at least 4 members (excludes halogenated alkanes) is 2. The fourth-order valence-electron chi connectivity index (χ4n) is 15.0. The molecular weight excluding hydrogens is 1610 g/mol. The molecule has 10 rings (SSSR count). The lowest BCUT2D eigenvalue weighted by Crippen LogP contribution is -2.69. The summed E-state index contributed by atoms with van der Waals surface area (Å²) in [5.41, 5.74) is 0. The van der Waals surface area contributed by atoms with Crippen LogP contribution in [0.4, 0.5) is 0 Å². The van der Waals surface area contributed by atoms with Crippen molar-refractivity contribution < 1.29 is 253 Å². The summed E-state index contributed by atoms with van der Waals surface area (Å²) in [5.74, 6) is 0. The van der Waals surface area contributed by atoms with Crippen LogP contribution in [0.2, 0.25) is 0 Å². The molecule has 0 aromatic carbocycles. The van der Waals surface area contributed by atoms with Gasteiger partial charge >= 0.3 is 0 Å². The maximum atomic E-state index is 12.2. The van der Waals surface area contributed by atoms with E-state index in [2.05, 4.69) is 6.58 Å². The maximum absolute atomic E-state index is 12.2. The molecule has 10 aliphatic rings. The van der Waals surface area contributed by atoms with E-state index in [9.17, 15) is 158 Å². The number of rotatable bonds is 34. The van der Waals surface area contributed by atoms with Crippen LogP contribution >= 0.6 is 0 Å². The molecule has 51 heteroatoms. The van der Waals surface area contributed by atoms with Crippen molar-refractivity contribution in [1.29, 1.82) is 0 Å². The molecule has 10 fully saturated rings. The largest absolute Gasteiger partial charge is 0.394 e. The van der Waals surface area contributed by atoms with Gasteiger partial charge in [0.25, 0.3) is 0 Å². The van der Waals surface area contributed by atoms with E-state index in [1.165, 1.54) is 0 Å². The minimum absolute atomic E-state index is 0.00881. The van der Waals surface area contributed by atoms with E-state index in [0.717, 1.165) is 0 Å². The van der Waals surface area contributed by atoms with Crippen LogP contribution in [-0.4, -0.2) is 538 Å². The van der Waals surface area contributed by atoms with Crippen LogP contribution in [0.1, 0.15) is 19.3 Å². The molecule has 0 saturated carbocycles. The van der Waals surface area contributed by atoms with Crippen LogP contribution in [-0.2, 0) is 94.7 Å². The van der Waals surface area contributed by atoms with Gasteiger partial charge in [-0.2, -0.15) is 0 Å². The lowest BCUT2D eigenvalue weighted by Gasteiger charge is -2.51. The highest BCUT2D eigenvalue weighted by Crippen LogP contribution is 2.42. The molecule has 0 aromatic rings. The van der Waals surface area contributed by atoms with Crippen molar-refractivity contribution in [3.8, 4) is 0 Å². The Hall–Kier alpha value is -2.30. The molecule has 20 unspecified atom stereocenters. The van der Waals surface area contributed by atoms with E-state index in [1.807, 2.05) is 0 Å². The Morgan fingerprint density at radius 2 is 0.368 bits per heavy atom. The molecule has 50 atom stereocenters. The first kappa shape index (κ1) is 96.9. The second-order valence-electron chi connectivity index (χ2n) is 29.6. The lowest BCUT2D eigenvalue weighted by atomic mass is 9.95. The van der Waals surface area contributed by atoms with Gasteiger partial charge in [0.1, 0.15) is 244 Å². The van der Waals surface area contributed by atoms with Crippen LogP contribution in [0.25, 0.3) is 0 Å². The molecule has 10 heterocycles. The summed E-state index contributed by atoms with van der Waals surface area (Å²) >= 11 is 0. The molecule has 0 bridgehead atoms. The molecule has 0 spiro atoms. The predicted molar refractivity (Wildman–Crippen MR) is 357 cm³/mol. The summed E-state index contributed by atoms with van der Waals surface area (Å²) < 4.78 is 116. The Balaban J connectivity index is 0.888. The van der Waals surface area contributed by atoms with Crippen molar-refractivity contribution >= 4 is 0 Å². The van der Waals surface area contributed by atoms with Crippen LogP contribution in [0.5, 0.6) is 0 Å². The fraction of sp³-hybridized carbons (Fsp3) is 0.970. The summed E-state index contributed by atoms with van der Waals surface area (Å²) in [6.45, 7) is -7.45. The monoisotopic (exact) mass is 1720 g/mol. The molecule has 31 N–H and O–H groups in total. The number of hydrogen-bond acceptors (Lipinski definition) is 51. The van der Waals surface area contributed by atoms with E-state index in [0.29, 0.717) is 19.3 Å². The van der Waals surface area contributed by atoms with Crippen molar-refractivity contribution in [2.45, 2.75) is 326 Å². The van der Waals surface area contributed by atoms with Crippen LogP contribution in [0.3, 0.4) is 0 Å². The van der Waals surface area contributed by atoms with Crippen molar-refractivity contribution in [2.75, 3.05) is 72.7 Å². The highest BCUT2D eigenvalue weighted by Gasteiger charge is 2.62. The molecule has 10 aliphatic heterocycles. The highest BCUT2D eigenvalue weighted by molar-refractivity contribution is 5.04. The van der Waals surface area contributed by atoms with Gasteiger partial charge in [-0.15, -0.1) is 6.58 Å².